The predicted octanol–water partition coefficient (Wildman–Crippen LogP) is 9.73. The largest absolute Gasteiger partial charge is 0.298 e. The molecule has 0 rings (SSSR count). The van der Waals surface area contributed by atoms with Crippen LogP contribution < -0.4 is 0 Å². The summed E-state index contributed by atoms with van der Waals surface area (Å²) in [5, 5.41) is -1.49. The summed E-state index contributed by atoms with van der Waals surface area (Å²) in [7, 11) is 2.45. The third-order valence-electron chi connectivity index (χ3n) is 7.34. The van der Waals surface area contributed by atoms with Crippen molar-refractivity contribution in [2.24, 2.45) is 0 Å². The van der Waals surface area contributed by atoms with Gasteiger partial charge in [-0.05, 0) is 19.3 Å². The summed E-state index contributed by atoms with van der Waals surface area (Å²) in [4.78, 5) is 39.7. The Kier molecular flexibility index (Phi) is 23.4. The summed E-state index contributed by atoms with van der Waals surface area (Å²) in [6.45, 7) is 6.64. The van der Waals surface area contributed by atoms with Gasteiger partial charge in [-0.1, -0.05) is 136 Å². The first-order chi connectivity index (χ1) is 16.9. The number of ketones is 3. The molecule has 0 aliphatic heterocycles. The first-order valence-corrected chi connectivity index (χ1v) is 15.9. The minimum Gasteiger partial charge on any atom is -0.298 e. The average molecular weight is 511 g/mol. The third-order valence-corrected chi connectivity index (χ3v) is 8.31. The zero-order chi connectivity index (χ0) is 26.2. The van der Waals surface area contributed by atoms with E-state index in [2.05, 4.69) is 30.0 Å². The molecule has 0 aliphatic carbocycles. The van der Waals surface area contributed by atoms with Gasteiger partial charge in [-0.25, -0.2) is 0 Å². The first kappa shape index (κ1) is 34.4. The van der Waals surface area contributed by atoms with Gasteiger partial charge in [0.1, 0.15) is 0 Å². The second kappa shape index (κ2) is 23.8. The lowest BCUT2D eigenvalue weighted by Gasteiger charge is -2.25. The fourth-order valence-electron chi connectivity index (χ4n) is 4.79. The number of carbonyl (C=O) groups excluding carboxylic acids is 3. The number of hydrogen-bond acceptors (Lipinski definition) is 3. The summed E-state index contributed by atoms with van der Waals surface area (Å²) < 4.78 is 0. The van der Waals surface area contributed by atoms with Crippen LogP contribution in [-0.2, 0) is 14.4 Å². The van der Waals surface area contributed by atoms with Gasteiger partial charge < -0.3 is 0 Å². The molecule has 0 spiro atoms. The van der Waals surface area contributed by atoms with Crippen molar-refractivity contribution in [2.45, 2.75) is 180 Å². The van der Waals surface area contributed by atoms with Crippen molar-refractivity contribution in [3.8, 4) is 0 Å². The van der Waals surface area contributed by atoms with E-state index in [9.17, 15) is 14.4 Å². The van der Waals surface area contributed by atoms with E-state index in [0.29, 0.717) is 19.3 Å². The molecule has 0 amide bonds. The van der Waals surface area contributed by atoms with Crippen LogP contribution in [0.2, 0.25) is 0 Å². The van der Waals surface area contributed by atoms with E-state index >= 15 is 0 Å². The Morgan fingerprint density at radius 3 is 0.829 bits per heavy atom. The van der Waals surface area contributed by atoms with Gasteiger partial charge in [0, 0.05) is 19.3 Å². The van der Waals surface area contributed by atoms with Crippen LogP contribution in [0.5, 0.6) is 0 Å². The topological polar surface area (TPSA) is 51.2 Å². The van der Waals surface area contributed by atoms with E-state index < -0.39 is 5.16 Å². The second-order valence-corrected chi connectivity index (χ2v) is 11.6. The Morgan fingerprint density at radius 2 is 0.600 bits per heavy atom. The van der Waals surface area contributed by atoms with E-state index in [1.807, 2.05) is 0 Å². The van der Waals surface area contributed by atoms with Gasteiger partial charge in [0.15, 0.2) is 22.5 Å². The molecule has 0 radical (unpaired) electrons. The van der Waals surface area contributed by atoms with Crippen LogP contribution in [0.25, 0.3) is 0 Å². The van der Waals surface area contributed by atoms with Crippen molar-refractivity contribution in [2.75, 3.05) is 0 Å². The zero-order valence-corrected chi connectivity index (χ0v) is 24.9. The molecule has 0 aromatic heterocycles. The lowest BCUT2D eigenvalue weighted by Crippen LogP contribution is -2.48. The Hall–Kier alpha value is -0.560. The predicted molar refractivity (Wildman–Crippen MR) is 155 cm³/mol. The van der Waals surface area contributed by atoms with Gasteiger partial charge >= 0.3 is 0 Å². The molecule has 0 bridgehead atoms. The summed E-state index contributed by atoms with van der Waals surface area (Å²) in [5.41, 5.74) is 0. The first-order valence-electron chi connectivity index (χ1n) is 15.3. The average Bonchev–Trinajstić information content (AvgIpc) is 2.86. The van der Waals surface area contributed by atoms with Crippen molar-refractivity contribution in [3.63, 3.8) is 0 Å². The molecule has 0 heterocycles. The maximum Gasteiger partial charge on any atom is 0.158 e. The highest BCUT2D eigenvalue weighted by molar-refractivity contribution is 7.26. The van der Waals surface area contributed by atoms with Gasteiger partial charge in [-0.3, -0.25) is 14.4 Å². The van der Waals surface area contributed by atoms with Crippen LogP contribution in [0.15, 0.2) is 0 Å². The monoisotopic (exact) mass is 510 g/mol. The molecule has 1 atom stereocenters. The summed E-state index contributed by atoms with van der Waals surface area (Å²) >= 11 is 0. The van der Waals surface area contributed by atoms with Crippen LogP contribution in [-0.4, -0.2) is 22.5 Å². The number of rotatable bonds is 27. The fourth-order valence-corrected chi connectivity index (χ4v) is 5.22. The molecule has 0 aromatic carbocycles. The molecule has 0 aromatic rings. The van der Waals surface area contributed by atoms with E-state index in [1.54, 1.807) is 0 Å². The Labute approximate surface area is 221 Å². The minimum absolute atomic E-state index is 0.156. The second-order valence-electron chi connectivity index (χ2n) is 10.7. The third kappa shape index (κ3) is 16.7. The number of Topliss-reactive ketones (excluding diaryl/α,β-unsaturated/α-hetero) is 3. The summed E-state index contributed by atoms with van der Waals surface area (Å²) in [6, 6.07) is 0. The van der Waals surface area contributed by atoms with Crippen molar-refractivity contribution in [1.29, 1.82) is 0 Å². The molecule has 0 saturated carbocycles. The Balaban J connectivity index is 4.72. The summed E-state index contributed by atoms with van der Waals surface area (Å²) in [6.07, 6.45) is 24.8. The van der Waals surface area contributed by atoms with Crippen molar-refractivity contribution in [3.05, 3.63) is 0 Å². The Bertz CT molecular complexity index is 469. The van der Waals surface area contributed by atoms with Gasteiger partial charge in [-0.15, -0.1) is 9.24 Å². The SMILES string of the molecule is CCCCCCCCCC(=O)C(P)(C(=O)CCCCCCCCC)C(=O)CCCCCCCCC. The van der Waals surface area contributed by atoms with E-state index in [-0.39, 0.29) is 17.3 Å². The quantitative estimate of drug-likeness (QED) is 0.0627. The maximum atomic E-state index is 13.2. The van der Waals surface area contributed by atoms with Crippen LogP contribution >= 0.6 is 9.24 Å². The van der Waals surface area contributed by atoms with E-state index in [4.69, 9.17) is 0 Å². The van der Waals surface area contributed by atoms with Gasteiger partial charge in [0.05, 0.1) is 0 Å². The standard InChI is InChI=1S/C31H59O3P/c1-4-7-10-13-16-19-22-25-28(32)31(35,29(33)26-23-20-17-14-11-8-5-2)30(34)27-24-21-18-15-12-9-6-3/h4-27,35H2,1-3H3. The van der Waals surface area contributed by atoms with Gasteiger partial charge in [0.2, 0.25) is 0 Å². The molecule has 3 nitrogen and oxygen atoms in total. The smallest absolute Gasteiger partial charge is 0.158 e. The van der Waals surface area contributed by atoms with Crippen molar-refractivity contribution >= 4 is 26.6 Å². The number of carbonyl (C=O) groups is 3. The van der Waals surface area contributed by atoms with Crippen molar-refractivity contribution in [1.82, 2.24) is 0 Å². The highest BCUT2D eigenvalue weighted by Gasteiger charge is 2.45. The van der Waals surface area contributed by atoms with Crippen LogP contribution in [0.3, 0.4) is 0 Å². The highest BCUT2D eigenvalue weighted by Crippen LogP contribution is 2.30. The molecule has 0 fully saturated rings. The maximum absolute atomic E-state index is 13.2. The van der Waals surface area contributed by atoms with E-state index in [1.165, 1.54) is 77.0 Å². The van der Waals surface area contributed by atoms with Gasteiger partial charge in [-0.2, -0.15) is 0 Å². The number of hydrogen-bond donors (Lipinski definition) is 0. The molecule has 0 saturated heterocycles. The van der Waals surface area contributed by atoms with Crippen LogP contribution in [0.1, 0.15) is 175 Å². The highest BCUT2D eigenvalue weighted by atomic mass is 31.0. The lowest BCUT2D eigenvalue weighted by molar-refractivity contribution is -0.137. The molecule has 0 aliphatic rings. The molecular weight excluding hydrogens is 451 g/mol. The molecule has 0 N–H and O–H groups in total. The van der Waals surface area contributed by atoms with Gasteiger partial charge in [0.25, 0.3) is 0 Å². The summed E-state index contributed by atoms with van der Waals surface area (Å²) in [5.74, 6) is -0.467. The van der Waals surface area contributed by atoms with Crippen LogP contribution in [0.4, 0.5) is 0 Å². The molecule has 206 valence electrons. The zero-order valence-electron chi connectivity index (χ0n) is 23.8. The number of unbranched alkanes of at least 4 members (excludes halogenated alkanes) is 18. The molecule has 4 heteroatoms. The fraction of sp³-hybridized carbons (Fsp3) is 0.903. The molecular formula is C31H59O3P. The lowest BCUT2D eigenvalue weighted by atomic mass is 9.85. The molecule has 35 heavy (non-hydrogen) atoms. The minimum atomic E-state index is -1.49. The van der Waals surface area contributed by atoms with E-state index in [0.717, 1.165) is 57.8 Å². The van der Waals surface area contributed by atoms with Crippen LogP contribution in [0, 0.1) is 0 Å². The normalized spacial score (nSPS) is 11.7. The van der Waals surface area contributed by atoms with Crippen molar-refractivity contribution < 1.29 is 14.4 Å². The Morgan fingerprint density at radius 1 is 0.400 bits per heavy atom. The molecule has 1 unspecified atom stereocenters.